The molecule has 138 valence electrons. The van der Waals surface area contributed by atoms with Crippen LogP contribution in [-0.4, -0.2) is 35.6 Å². The summed E-state index contributed by atoms with van der Waals surface area (Å²) in [5.74, 6) is 0. The molecule has 2 aliphatic heterocycles. The van der Waals surface area contributed by atoms with Gasteiger partial charge in [-0.2, -0.15) is 0 Å². The number of nitrogens with one attached hydrogen (secondary N) is 2. The lowest BCUT2D eigenvalue weighted by molar-refractivity contribution is 0.251. The summed E-state index contributed by atoms with van der Waals surface area (Å²) in [7, 11) is 0. The number of aromatic amines is 1. The van der Waals surface area contributed by atoms with Gasteiger partial charge in [-0.3, -0.25) is 4.90 Å². The summed E-state index contributed by atoms with van der Waals surface area (Å²) in [5, 5.41) is 2.98. The molecule has 6 heteroatoms. The van der Waals surface area contributed by atoms with Crippen molar-refractivity contribution in [2.45, 2.75) is 25.3 Å². The molecule has 2 aliphatic rings. The lowest BCUT2D eigenvalue weighted by atomic mass is 10.0. The largest absolute Gasteiger partial charge is 0.372 e. The average molecular weight is 361 g/mol. The minimum Gasteiger partial charge on any atom is -0.372 e. The molecule has 0 radical (unpaired) electrons. The van der Waals surface area contributed by atoms with Crippen LogP contribution in [0.1, 0.15) is 30.9 Å². The molecule has 2 amide bonds. The number of anilines is 2. The third kappa shape index (κ3) is 2.91. The quantitative estimate of drug-likeness (QED) is 0.745. The van der Waals surface area contributed by atoms with Crippen LogP contribution in [0.15, 0.2) is 48.8 Å². The van der Waals surface area contributed by atoms with E-state index < -0.39 is 0 Å². The Hall–Kier alpha value is -3.02. The third-order valence-electron chi connectivity index (χ3n) is 5.66. The van der Waals surface area contributed by atoms with Crippen LogP contribution in [0.4, 0.5) is 16.2 Å². The van der Waals surface area contributed by atoms with Crippen molar-refractivity contribution in [3.8, 4) is 0 Å². The maximum Gasteiger partial charge on any atom is 0.322 e. The summed E-state index contributed by atoms with van der Waals surface area (Å²) in [4.78, 5) is 24.2. The average Bonchev–Trinajstić information content (AvgIpc) is 3.34. The van der Waals surface area contributed by atoms with E-state index in [0.717, 1.165) is 35.4 Å². The second-order valence-electron chi connectivity index (χ2n) is 7.32. The second kappa shape index (κ2) is 6.61. The minimum atomic E-state index is -0.0602. The molecule has 2 aromatic carbocycles. The summed E-state index contributed by atoms with van der Waals surface area (Å²) in [6, 6.07) is 14.5. The van der Waals surface area contributed by atoms with Crippen molar-refractivity contribution in [2.75, 3.05) is 29.4 Å². The number of amides is 2. The number of carbonyl (C=O) groups excluding carboxylic acids is 1. The standard InChI is InChI=1S/C21H23N5O/c27-21-22-13-20(26(21)17-8-9-18-19(12-17)24-14-23-18)15-4-6-16(7-5-15)25-10-2-1-3-11-25/h4-9,12,14,20H,1-3,10-11,13H2,(H,22,27)(H,23,24). The Morgan fingerprint density at radius 1 is 0.963 bits per heavy atom. The molecule has 1 unspecified atom stereocenters. The summed E-state index contributed by atoms with van der Waals surface area (Å²) < 4.78 is 0. The molecule has 0 bridgehead atoms. The van der Waals surface area contributed by atoms with Crippen LogP contribution in [0, 0.1) is 0 Å². The molecular weight excluding hydrogens is 338 g/mol. The first-order chi connectivity index (χ1) is 13.3. The zero-order valence-corrected chi connectivity index (χ0v) is 15.2. The van der Waals surface area contributed by atoms with Crippen LogP contribution < -0.4 is 15.1 Å². The van der Waals surface area contributed by atoms with E-state index in [1.165, 1.54) is 24.9 Å². The number of nitrogens with zero attached hydrogens (tertiary/aromatic N) is 3. The van der Waals surface area contributed by atoms with E-state index in [-0.39, 0.29) is 12.1 Å². The van der Waals surface area contributed by atoms with Gasteiger partial charge in [0.2, 0.25) is 0 Å². The summed E-state index contributed by atoms with van der Waals surface area (Å²) in [6.45, 7) is 2.89. The van der Waals surface area contributed by atoms with E-state index in [0.29, 0.717) is 6.54 Å². The molecule has 1 atom stereocenters. The number of piperidine rings is 1. The van der Waals surface area contributed by atoms with Crippen molar-refractivity contribution in [3.63, 3.8) is 0 Å². The van der Waals surface area contributed by atoms with Gasteiger partial charge in [0.15, 0.2) is 0 Å². The van der Waals surface area contributed by atoms with Crippen molar-refractivity contribution in [1.29, 1.82) is 0 Å². The van der Waals surface area contributed by atoms with E-state index in [2.05, 4.69) is 44.5 Å². The number of hydrogen-bond acceptors (Lipinski definition) is 3. The predicted molar refractivity (Wildman–Crippen MR) is 107 cm³/mol. The van der Waals surface area contributed by atoms with Crippen molar-refractivity contribution < 1.29 is 4.79 Å². The van der Waals surface area contributed by atoms with Crippen LogP contribution in [-0.2, 0) is 0 Å². The highest BCUT2D eigenvalue weighted by Crippen LogP contribution is 2.33. The molecule has 6 nitrogen and oxygen atoms in total. The van der Waals surface area contributed by atoms with Crippen LogP contribution >= 0.6 is 0 Å². The lowest BCUT2D eigenvalue weighted by Crippen LogP contribution is -2.30. The third-order valence-corrected chi connectivity index (χ3v) is 5.66. The molecule has 2 saturated heterocycles. The molecule has 1 aromatic heterocycles. The number of fused-ring (bicyclic) bond motifs is 1. The molecule has 3 aromatic rings. The molecule has 0 spiro atoms. The fourth-order valence-electron chi connectivity index (χ4n) is 4.20. The Bertz CT molecular complexity index is 958. The van der Waals surface area contributed by atoms with Crippen molar-refractivity contribution in [1.82, 2.24) is 15.3 Å². The van der Waals surface area contributed by atoms with E-state index >= 15 is 0 Å². The Labute approximate surface area is 158 Å². The van der Waals surface area contributed by atoms with Gasteiger partial charge in [-0.1, -0.05) is 12.1 Å². The van der Waals surface area contributed by atoms with Gasteiger partial charge in [-0.05, 0) is 55.2 Å². The lowest BCUT2D eigenvalue weighted by Gasteiger charge is -2.29. The first-order valence-electron chi connectivity index (χ1n) is 9.65. The number of imidazole rings is 1. The number of urea groups is 1. The van der Waals surface area contributed by atoms with E-state index in [1.54, 1.807) is 6.33 Å². The van der Waals surface area contributed by atoms with Gasteiger partial charge in [-0.15, -0.1) is 0 Å². The van der Waals surface area contributed by atoms with E-state index in [4.69, 9.17) is 0 Å². The maximum atomic E-state index is 12.5. The van der Waals surface area contributed by atoms with Gasteiger partial charge in [0.1, 0.15) is 0 Å². The first kappa shape index (κ1) is 16.2. The zero-order chi connectivity index (χ0) is 18.2. The van der Waals surface area contributed by atoms with Gasteiger partial charge < -0.3 is 15.2 Å². The second-order valence-corrected chi connectivity index (χ2v) is 7.32. The monoisotopic (exact) mass is 361 g/mol. The van der Waals surface area contributed by atoms with Crippen molar-refractivity contribution >= 4 is 28.4 Å². The summed E-state index contributed by atoms with van der Waals surface area (Å²) in [6.07, 6.45) is 5.55. The van der Waals surface area contributed by atoms with Crippen LogP contribution in [0.3, 0.4) is 0 Å². The topological polar surface area (TPSA) is 64.3 Å². The smallest absolute Gasteiger partial charge is 0.322 e. The fourth-order valence-corrected chi connectivity index (χ4v) is 4.20. The summed E-state index contributed by atoms with van der Waals surface area (Å²) in [5.41, 5.74) is 5.14. The fraction of sp³-hybridized carbons (Fsp3) is 0.333. The molecule has 0 aliphatic carbocycles. The van der Waals surface area contributed by atoms with Gasteiger partial charge in [-0.25, -0.2) is 9.78 Å². The Morgan fingerprint density at radius 3 is 2.56 bits per heavy atom. The van der Waals surface area contributed by atoms with Crippen LogP contribution in [0.25, 0.3) is 11.0 Å². The van der Waals surface area contributed by atoms with Gasteiger partial charge in [0.05, 0.1) is 23.4 Å². The summed E-state index contributed by atoms with van der Waals surface area (Å²) >= 11 is 0. The molecule has 2 fully saturated rings. The van der Waals surface area contributed by atoms with Crippen molar-refractivity contribution in [3.05, 3.63) is 54.4 Å². The molecule has 3 heterocycles. The number of carbonyl (C=O) groups is 1. The highest BCUT2D eigenvalue weighted by atomic mass is 16.2. The zero-order valence-electron chi connectivity index (χ0n) is 15.2. The predicted octanol–water partition coefficient (Wildman–Crippen LogP) is 3.82. The SMILES string of the molecule is O=C1NCC(c2ccc(N3CCCCC3)cc2)N1c1ccc2[nH]cnc2c1. The number of aromatic nitrogens is 2. The normalized spacial score (nSPS) is 20.3. The molecule has 0 saturated carbocycles. The molecular formula is C21H23N5O. The Morgan fingerprint density at radius 2 is 1.74 bits per heavy atom. The number of benzene rings is 2. The van der Waals surface area contributed by atoms with Crippen LogP contribution in [0.2, 0.25) is 0 Å². The van der Waals surface area contributed by atoms with Crippen molar-refractivity contribution in [2.24, 2.45) is 0 Å². The van der Waals surface area contributed by atoms with E-state index in [1.807, 2.05) is 23.1 Å². The van der Waals surface area contributed by atoms with Gasteiger partial charge in [0, 0.05) is 31.0 Å². The highest BCUT2D eigenvalue weighted by molar-refractivity contribution is 5.97. The number of hydrogen-bond donors (Lipinski definition) is 2. The molecule has 2 N–H and O–H groups in total. The van der Waals surface area contributed by atoms with Gasteiger partial charge in [0.25, 0.3) is 0 Å². The molecule has 27 heavy (non-hydrogen) atoms. The van der Waals surface area contributed by atoms with Crippen LogP contribution in [0.5, 0.6) is 0 Å². The number of H-pyrrole nitrogens is 1. The Kier molecular flexibility index (Phi) is 3.96. The Balaban J connectivity index is 1.43. The molecule has 5 rings (SSSR count). The van der Waals surface area contributed by atoms with Gasteiger partial charge >= 0.3 is 6.03 Å². The first-order valence-corrected chi connectivity index (χ1v) is 9.65. The van der Waals surface area contributed by atoms with E-state index in [9.17, 15) is 4.79 Å². The minimum absolute atomic E-state index is 0.00991. The maximum absolute atomic E-state index is 12.5. The highest BCUT2D eigenvalue weighted by Gasteiger charge is 2.33. The number of rotatable bonds is 3.